The average Bonchev–Trinajstić information content (AvgIpc) is 3.22. The number of rotatable bonds is 1. The first kappa shape index (κ1) is 20.5. The summed E-state index contributed by atoms with van der Waals surface area (Å²) in [5, 5.41) is 3.00. The number of primary amides is 1. The number of fused-ring (bicyclic) bond motifs is 5. The van der Waals surface area contributed by atoms with Gasteiger partial charge in [-0.25, -0.2) is 9.98 Å². The number of allylic oxidation sites excluding steroid dienone is 2. The maximum atomic E-state index is 12.0. The molecule has 3 heterocycles. The van der Waals surface area contributed by atoms with Crippen LogP contribution in [0.5, 0.6) is 5.88 Å². The van der Waals surface area contributed by atoms with Crippen LogP contribution in [0.3, 0.4) is 0 Å². The summed E-state index contributed by atoms with van der Waals surface area (Å²) in [6.07, 6.45) is 13.7. The second kappa shape index (κ2) is 9.00. The van der Waals surface area contributed by atoms with Crippen molar-refractivity contribution >= 4 is 40.1 Å². The fourth-order valence-electron chi connectivity index (χ4n) is 3.93. The molecule has 164 valence electrons. The van der Waals surface area contributed by atoms with E-state index >= 15 is 0 Å². The van der Waals surface area contributed by atoms with Gasteiger partial charge in [0.05, 0.1) is 12.1 Å². The van der Waals surface area contributed by atoms with Crippen LogP contribution in [0.15, 0.2) is 89.9 Å². The molecule has 1 unspecified atom stereocenters. The lowest BCUT2D eigenvalue weighted by molar-refractivity contribution is -0.115. The van der Waals surface area contributed by atoms with E-state index in [0.717, 1.165) is 27.2 Å². The van der Waals surface area contributed by atoms with Gasteiger partial charge >= 0.3 is 0 Å². The molecule has 4 bridgehead atoms. The predicted molar refractivity (Wildman–Crippen MR) is 129 cm³/mol. The third-order valence-corrected chi connectivity index (χ3v) is 5.43. The van der Waals surface area contributed by atoms with E-state index in [-0.39, 0.29) is 0 Å². The van der Waals surface area contributed by atoms with Crippen LogP contribution in [0.25, 0.3) is 27.8 Å². The number of nitrogens with two attached hydrogens (primary N) is 1. The molecule has 1 atom stereocenters. The van der Waals surface area contributed by atoms with Crippen molar-refractivity contribution in [3.8, 4) is 5.88 Å². The highest BCUT2D eigenvalue weighted by Gasteiger charge is 2.27. The maximum Gasteiger partial charge on any atom is 0.265 e. The summed E-state index contributed by atoms with van der Waals surface area (Å²) in [4.78, 5) is 22.6. The van der Waals surface area contributed by atoms with Crippen LogP contribution in [0, 0.1) is 0 Å². The smallest absolute Gasteiger partial charge is 0.265 e. The van der Waals surface area contributed by atoms with E-state index in [9.17, 15) is 4.79 Å². The van der Waals surface area contributed by atoms with Gasteiger partial charge in [-0.05, 0) is 35.2 Å². The number of hydrogen-bond donors (Lipinski definition) is 1. The minimum atomic E-state index is -0.536. The number of carbonyl (C=O) groups excluding carboxylic acids is 1. The van der Waals surface area contributed by atoms with Crippen LogP contribution < -0.4 is 10.5 Å². The van der Waals surface area contributed by atoms with Crippen molar-refractivity contribution in [2.75, 3.05) is 13.2 Å². The second-order valence-electron chi connectivity index (χ2n) is 7.64. The van der Waals surface area contributed by atoms with E-state index in [1.807, 2.05) is 42.5 Å². The van der Waals surface area contributed by atoms with E-state index in [1.165, 1.54) is 6.40 Å². The molecular formula is C26H22N4O3. The Kier molecular flexibility index (Phi) is 5.59. The van der Waals surface area contributed by atoms with Crippen molar-refractivity contribution in [3.05, 3.63) is 90.4 Å². The Morgan fingerprint density at radius 3 is 2.91 bits per heavy atom. The molecule has 0 fully saturated rings. The summed E-state index contributed by atoms with van der Waals surface area (Å²) in [6, 6.07) is 14.2. The van der Waals surface area contributed by atoms with Gasteiger partial charge in [-0.1, -0.05) is 48.6 Å². The summed E-state index contributed by atoms with van der Waals surface area (Å²) in [5.41, 5.74) is 7.80. The Morgan fingerprint density at radius 1 is 1.09 bits per heavy atom. The number of hydrogen-bond acceptors (Lipinski definition) is 6. The lowest BCUT2D eigenvalue weighted by Gasteiger charge is -2.18. The van der Waals surface area contributed by atoms with Crippen molar-refractivity contribution < 1.29 is 14.3 Å². The third kappa shape index (κ3) is 4.34. The van der Waals surface area contributed by atoms with Crippen molar-refractivity contribution in [1.82, 2.24) is 9.88 Å². The van der Waals surface area contributed by atoms with Crippen molar-refractivity contribution in [2.45, 2.75) is 6.10 Å². The number of nitrogens with zero attached hydrogens (tertiary/aromatic N) is 3. The standard InChI is InChI=1S/C26H22N4O3/c27-25(31)24-15-19-16-30(24)12-11-28-17-32-13-5-1-2-6-18-9-10-20-21-7-3-4-8-23(21)29-26(33-19)22(20)14-18/h1-12,14-15,17,19H,13,16H2,(H2,27,31)/b5-1-,6-2-,12-11-,28-17?. The fourth-order valence-corrected chi connectivity index (χ4v) is 3.93. The molecule has 2 aliphatic heterocycles. The summed E-state index contributed by atoms with van der Waals surface area (Å²) >= 11 is 0. The number of benzene rings is 2. The first-order valence-corrected chi connectivity index (χ1v) is 10.6. The van der Waals surface area contributed by atoms with E-state index in [4.69, 9.17) is 20.2 Å². The van der Waals surface area contributed by atoms with Crippen LogP contribution in [-0.4, -0.2) is 41.4 Å². The van der Waals surface area contributed by atoms with Crippen LogP contribution in [0.4, 0.5) is 0 Å². The Bertz CT molecular complexity index is 1370. The molecular weight excluding hydrogens is 416 g/mol. The van der Waals surface area contributed by atoms with Crippen molar-refractivity contribution in [1.29, 1.82) is 0 Å². The van der Waals surface area contributed by atoms with Gasteiger partial charge in [-0.3, -0.25) is 4.79 Å². The molecule has 5 rings (SSSR count). The molecule has 3 aromatic rings. The molecule has 1 aromatic heterocycles. The zero-order chi connectivity index (χ0) is 22.6. The Morgan fingerprint density at radius 2 is 2.00 bits per heavy atom. The van der Waals surface area contributed by atoms with Crippen molar-refractivity contribution in [2.24, 2.45) is 10.7 Å². The summed E-state index contributed by atoms with van der Waals surface area (Å²) < 4.78 is 11.7. The normalized spacial score (nSPS) is 21.0. The van der Waals surface area contributed by atoms with E-state index < -0.39 is 12.0 Å². The first-order valence-electron chi connectivity index (χ1n) is 10.6. The van der Waals surface area contributed by atoms with Crippen molar-refractivity contribution in [3.63, 3.8) is 0 Å². The summed E-state index contributed by atoms with van der Waals surface area (Å²) in [7, 11) is 0. The summed E-state index contributed by atoms with van der Waals surface area (Å²) in [6.45, 7) is 0.801. The Labute approximate surface area is 190 Å². The highest BCUT2D eigenvalue weighted by atomic mass is 16.5. The Hall–Kier alpha value is -4.39. The molecule has 7 heteroatoms. The highest BCUT2D eigenvalue weighted by molar-refractivity contribution is 6.08. The van der Waals surface area contributed by atoms with Gasteiger partial charge in [0.25, 0.3) is 5.91 Å². The third-order valence-electron chi connectivity index (χ3n) is 5.43. The molecule has 0 saturated carbocycles. The predicted octanol–water partition coefficient (Wildman–Crippen LogP) is 3.92. The van der Waals surface area contributed by atoms with Gasteiger partial charge in [-0.2, -0.15) is 0 Å². The number of carbonyl (C=O) groups is 1. The number of pyridine rings is 1. The highest BCUT2D eigenvalue weighted by Crippen LogP contribution is 2.33. The quantitative estimate of drug-likeness (QED) is 0.582. The zero-order valence-electron chi connectivity index (χ0n) is 17.8. The minimum absolute atomic E-state index is 0.349. The summed E-state index contributed by atoms with van der Waals surface area (Å²) in [5.74, 6) is -0.0244. The zero-order valence-corrected chi connectivity index (χ0v) is 17.8. The van der Waals surface area contributed by atoms with Gasteiger partial charge in [-0.15, -0.1) is 0 Å². The minimum Gasteiger partial charge on any atom is -0.479 e. The topological polar surface area (TPSA) is 90.0 Å². The number of aromatic nitrogens is 1. The molecule has 33 heavy (non-hydrogen) atoms. The molecule has 1 amide bonds. The van der Waals surface area contributed by atoms with Gasteiger partial charge in [0.15, 0.2) is 6.40 Å². The van der Waals surface area contributed by atoms with Crippen LogP contribution in [-0.2, 0) is 9.53 Å². The number of aliphatic imine (C=N–C) groups is 1. The second-order valence-corrected chi connectivity index (χ2v) is 7.64. The molecule has 0 spiro atoms. The lowest BCUT2D eigenvalue weighted by Crippen LogP contribution is -2.27. The number of para-hydroxylation sites is 1. The van der Waals surface area contributed by atoms with E-state index in [1.54, 1.807) is 23.4 Å². The molecule has 0 radical (unpaired) electrons. The lowest BCUT2D eigenvalue weighted by atomic mass is 10.0. The van der Waals surface area contributed by atoms with Gasteiger partial charge in [0, 0.05) is 23.2 Å². The molecule has 2 aliphatic rings. The largest absolute Gasteiger partial charge is 0.479 e. The molecule has 7 nitrogen and oxygen atoms in total. The monoisotopic (exact) mass is 438 g/mol. The van der Waals surface area contributed by atoms with Gasteiger partial charge < -0.3 is 20.1 Å². The number of amides is 1. The van der Waals surface area contributed by atoms with Crippen LogP contribution in [0.2, 0.25) is 0 Å². The molecule has 0 saturated heterocycles. The van der Waals surface area contributed by atoms with Gasteiger partial charge in [0.1, 0.15) is 18.4 Å². The van der Waals surface area contributed by atoms with E-state index in [2.05, 4.69) is 29.3 Å². The fraction of sp³-hybridized carbons (Fsp3) is 0.115. The molecule has 2 aromatic carbocycles. The Balaban J connectivity index is 1.63. The van der Waals surface area contributed by atoms with Crippen LogP contribution >= 0.6 is 0 Å². The number of ether oxygens (including phenoxy) is 2. The maximum absolute atomic E-state index is 12.0. The molecule has 2 N–H and O–H groups in total. The van der Waals surface area contributed by atoms with Crippen LogP contribution in [0.1, 0.15) is 5.56 Å². The SMILES string of the molecule is NC(=O)C1=CC2CN1/C=C\N=COC/C=C\C=C/c1ccc3c(c1)c(nc1ccccc13)O2. The van der Waals surface area contributed by atoms with E-state index in [0.29, 0.717) is 24.7 Å². The molecule has 0 aliphatic carbocycles. The van der Waals surface area contributed by atoms with Gasteiger partial charge in [0.2, 0.25) is 5.88 Å². The first-order chi connectivity index (χ1) is 16.2. The average molecular weight is 438 g/mol.